The summed E-state index contributed by atoms with van der Waals surface area (Å²) in [6.07, 6.45) is 8.37. The zero-order valence-corrected chi connectivity index (χ0v) is 8.45. The fourth-order valence-corrected chi connectivity index (χ4v) is 1.51. The Hall–Kier alpha value is -1.53. The smallest absolute Gasteiger partial charge is 0.181 e. The van der Waals surface area contributed by atoms with Crippen LogP contribution in [0.25, 0.3) is 11.6 Å². The molecule has 1 aliphatic rings. The second kappa shape index (κ2) is 3.69. The van der Waals surface area contributed by atoms with E-state index in [1.165, 1.54) is 12.0 Å². The lowest BCUT2D eigenvalue weighted by atomic mass is 9.98. The lowest BCUT2D eigenvalue weighted by Gasteiger charge is -2.06. The summed E-state index contributed by atoms with van der Waals surface area (Å²) in [5.41, 5.74) is 5.18. The van der Waals surface area contributed by atoms with Crippen LogP contribution in [0.4, 0.5) is 0 Å². The molecule has 0 aliphatic heterocycles. The standard InChI is InChI=1S/C12H13NO/c1-3-9(2)10-6-4-5-7-11-12(10)14-8-13-11/h5-9H,3H2,1-2H3. The molecule has 0 bridgehead atoms. The average molecular weight is 187 g/mol. The summed E-state index contributed by atoms with van der Waals surface area (Å²) in [6.45, 7) is 4.35. The summed E-state index contributed by atoms with van der Waals surface area (Å²) in [6, 6.07) is 0. The first kappa shape index (κ1) is 9.04. The molecule has 0 saturated heterocycles. The number of fused-ring (bicyclic) bond motifs is 1. The van der Waals surface area contributed by atoms with Crippen molar-refractivity contribution in [3.8, 4) is 0 Å². The van der Waals surface area contributed by atoms with E-state index in [-0.39, 0.29) is 0 Å². The first-order valence-electron chi connectivity index (χ1n) is 4.89. The molecular weight excluding hydrogens is 174 g/mol. The monoisotopic (exact) mass is 187 g/mol. The predicted octanol–water partition coefficient (Wildman–Crippen LogP) is 1.38. The van der Waals surface area contributed by atoms with E-state index >= 15 is 0 Å². The van der Waals surface area contributed by atoms with Gasteiger partial charge in [-0.3, -0.25) is 0 Å². The molecule has 1 aromatic heterocycles. The molecule has 14 heavy (non-hydrogen) atoms. The third-order valence-electron chi connectivity index (χ3n) is 2.58. The average Bonchev–Trinajstić information content (AvgIpc) is 2.57. The Labute approximate surface area is 83.0 Å². The van der Waals surface area contributed by atoms with E-state index in [0.717, 1.165) is 17.2 Å². The highest BCUT2D eigenvalue weighted by Crippen LogP contribution is 2.14. The number of hydrogen-bond donors (Lipinski definition) is 0. The Balaban J connectivity index is 2.73. The van der Waals surface area contributed by atoms with Crippen molar-refractivity contribution in [1.29, 1.82) is 0 Å². The van der Waals surface area contributed by atoms with E-state index in [1.54, 1.807) is 0 Å². The minimum absolute atomic E-state index is 0.481. The minimum atomic E-state index is 0.481. The fraction of sp³-hybridized carbons (Fsp3) is 0.333. The Morgan fingerprint density at radius 2 is 2.43 bits per heavy atom. The normalized spacial score (nSPS) is 16.0. The van der Waals surface area contributed by atoms with Gasteiger partial charge in [0.2, 0.25) is 0 Å². The summed E-state index contributed by atoms with van der Waals surface area (Å²) in [7, 11) is 0. The molecule has 0 aromatic carbocycles. The van der Waals surface area contributed by atoms with E-state index in [9.17, 15) is 0 Å². The highest BCUT2D eigenvalue weighted by atomic mass is 16.3. The van der Waals surface area contributed by atoms with Crippen LogP contribution in [0.5, 0.6) is 0 Å². The number of rotatable bonds is 2. The Bertz CT molecular complexity index is 501. The molecule has 2 nitrogen and oxygen atoms in total. The lowest BCUT2D eigenvalue weighted by molar-refractivity contribution is 0.515. The van der Waals surface area contributed by atoms with Crippen LogP contribution >= 0.6 is 0 Å². The van der Waals surface area contributed by atoms with Crippen molar-refractivity contribution in [2.75, 3.05) is 0 Å². The van der Waals surface area contributed by atoms with Crippen LogP contribution in [0.15, 0.2) is 28.7 Å². The van der Waals surface area contributed by atoms with E-state index in [1.807, 2.05) is 18.2 Å². The topological polar surface area (TPSA) is 26.0 Å². The lowest BCUT2D eigenvalue weighted by Crippen LogP contribution is -2.25. The van der Waals surface area contributed by atoms with Crippen LogP contribution in [-0.2, 0) is 0 Å². The molecule has 0 radical (unpaired) electrons. The molecule has 2 rings (SSSR count). The van der Waals surface area contributed by atoms with E-state index in [4.69, 9.17) is 4.42 Å². The Kier molecular flexibility index (Phi) is 2.38. The van der Waals surface area contributed by atoms with E-state index in [0.29, 0.717) is 5.92 Å². The second-order valence-corrected chi connectivity index (χ2v) is 3.48. The maximum atomic E-state index is 5.40. The van der Waals surface area contributed by atoms with Crippen LogP contribution in [0, 0.1) is 5.92 Å². The van der Waals surface area contributed by atoms with Gasteiger partial charge in [0.1, 0.15) is 5.35 Å². The molecular formula is C12H13NO. The number of allylic oxidation sites excluding steroid dienone is 1. The highest BCUT2D eigenvalue weighted by molar-refractivity contribution is 5.59. The number of nitrogens with zero attached hydrogens (tertiary/aromatic N) is 1. The highest BCUT2D eigenvalue weighted by Gasteiger charge is 2.08. The molecule has 2 heteroatoms. The summed E-state index contributed by atoms with van der Waals surface area (Å²) < 4.78 is 5.40. The first-order chi connectivity index (χ1) is 6.83. The van der Waals surface area contributed by atoms with Gasteiger partial charge in [0, 0.05) is 5.57 Å². The maximum Gasteiger partial charge on any atom is 0.181 e. The number of hydrogen-bond acceptors (Lipinski definition) is 2. The molecule has 0 N–H and O–H groups in total. The van der Waals surface area contributed by atoms with E-state index in [2.05, 4.69) is 24.6 Å². The number of oxazole rings is 1. The van der Waals surface area contributed by atoms with Gasteiger partial charge in [-0.05, 0) is 30.6 Å². The summed E-state index contributed by atoms with van der Waals surface area (Å²) in [5.74, 6) is 0.481. The third-order valence-corrected chi connectivity index (χ3v) is 2.58. The van der Waals surface area contributed by atoms with Crippen LogP contribution in [-0.4, -0.2) is 4.98 Å². The van der Waals surface area contributed by atoms with Gasteiger partial charge in [0.15, 0.2) is 11.8 Å². The molecule has 0 amide bonds. The molecule has 0 fully saturated rings. The first-order valence-corrected chi connectivity index (χ1v) is 4.89. The van der Waals surface area contributed by atoms with Crippen LogP contribution in [0.3, 0.4) is 0 Å². The van der Waals surface area contributed by atoms with Crippen molar-refractivity contribution in [2.45, 2.75) is 20.3 Å². The van der Waals surface area contributed by atoms with Crippen molar-refractivity contribution >= 4 is 11.6 Å². The molecule has 1 atom stereocenters. The molecule has 1 aliphatic carbocycles. The molecule has 0 saturated carbocycles. The van der Waals surface area contributed by atoms with Gasteiger partial charge in [-0.15, -0.1) is 5.73 Å². The minimum Gasteiger partial charge on any atom is -0.443 e. The second-order valence-electron chi connectivity index (χ2n) is 3.48. The van der Waals surface area contributed by atoms with Gasteiger partial charge in [-0.2, -0.15) is 0 Å². The zero-order chi connectivity index (χ0) is 9.97. The quantitative estimate of drug-likeness (QED) is 0.654. The maximum absolute atomic E-state index is 5.40. The van der Waals surface area contributed by atoms with Gasteiger partial charge in [0.25, 0.3) is 0 Å². The van der Waals surface area contributed by atoms with Gasteiger partial charge in [0.05, 0.1) is 0 Å². The third kappa shape index (κ3) is 1.45. The van der Waals surface area contributed by atoms with Crippen molar-refractivity contribution < 1.29 is 4.42 Å². The van der Waals surface area contributed by atoms with Crippen molar-refractivity contribution in [3.05, 3.63) is 35.0 Å². The fourth-order valence-electron chi connectivity index (χ4n) is 1.51. The van der Waals surface area contributed by atoms with Crippen molar-refractivity contribution in [3.63, 3.8) is 0 Å². The Morgan fingerprint density at radius 3 is 3.21 bits per heavy atom. The van der Waals surface area contributed by atoms with Gasteiger partial charge < -0.3 is 4.42 Å². The SMILES string of the molecule is CCC(C)C1=c2ocnc2=CC=C=C1. The molecule has 72 valence electrons. The van der Waals surface area contributed by atoms with Crippen LogP contribution < -0.4 is 10.8 Å². The van der Waals surface area contributed by atoms with Crippen LogP contribution in [0.2, 0.25) is 0 Å². The number of aromatic nitrogens is 1. The Morgan fingerprint density at radius 1 is 1.57 bits per heavy atom. The molecule has 0 spiro atoms. The van der Waals surface area contributed by atoms with Gasteiger partial charge in [-0.1, -0.05) is 13.8 Å². The zero-order valence-electron chi connectivity index (χ0n) is 8.45. The van der Waals surface area contributed by atoms with Gasteiger partial charge in [-0.25, -0.2) is 4.98 Å². The molecule has 1 aromatic rings. The summed E-state index contributed by atoms with van der Waals surface area (Å²) >= 11 is 0. The summed E-state index contributed by atoms with van der Waals surface area (Å²) in [4.78, 5) is 4.15. The largest absolute Gasteiger partial charge is 0.443 e. The van der Waals surface area contributed by atoms with Gasteiger partial charge >= 0.3 is 0 Å². The predicted molar refractivity (Wildman–Crippen MR) is 55.7 cm³/mol. The van der Waals surface area contributed by atoms with Crippen molar-refractivity contribution in [2.24, 2.45) is 5.92 Å². The van der Waals surface area contributed by atoms with Crippen LogP contribution in [0.1, 0.15) is 20.3 Å². The summed E-state index contributed by atoms with van der Waals surface area (Å²) in [5, 5.41) is 0.904. The van der Waals surface area contributed by atoms with Crippen molar-refractivity contribution in [1.82, 2.24) is 4.98 Å². The molecule has 1 unspecified atom stereocenters. The van der Waals surface area contributed by atoms with E-state index < -0.39 is 0 Å². The molecule has 1 heterocycles.